The molecule has 154 valence electrons. The summed E-state index contributed by atoms with van der Waals surface area (Å²) >= 11 is 0. The average Bonchev–Trinajstić information content (AvgIpc) is 2.61. The Kier molecular flexibility index (Phi) is 24.7. The molecular weight excluding hydrogens is 356 g/mol. The number of rotatable bonds is 10. The van der Waals surface area contributed by atoms with E-state index in [1.807, 2.05) is 13.8 Å². The number of carbonyl (C=O) groups is 4. The molecule has 0 fully saturated rings. The number of hydrogen-bond acceptors (Lipinski definition) is 7. The van der Waals surface area contributed by atoms with Crippen molar-refractivity contribution >= 4 is 23.9 Å². The third-order valence-electron chi connectivity index (χ3n) is 2.26. The highest BCUT2D eigenvalue weighted by molar-refractivity contribution is 5.91. The highest BCUT2D eigenvalue weighted by Gasteiger charge is 2.00. The monoisotopic (exact) mass is 386 g/mol. The van der Waals surface area contributed by atoms with Crippen molar-refractivity contribution in [1.82, 2.24) is 0 Å². The topological polar surface area (TPSA) is 116 Å². The van der Waals surface area contributed by atoms with Crippen LogP contribution in [-0.4, -0.2) is 42.2 Å². The molecule has 0 aliphatic heterocycles. The molecule has 0 heterocycles. The van der Waals surface area contributed by atoms with Crippen LogP contribution in [0.1, 0.15) is 46.5 Å². The summed E-state index contributed by atoms with van der Waals surface area (Å²) in [4.78, 5) is 41.1. The Morgan fingerprint density at radius 2 is 1.26 bits per heavy atom. The first-order chi connectivity index (χ1) is 12.7. The van der Waals surface area contributed by atoms with Gasteiger partial charge in [-0.3, -0.25) is 4.79 Å². The molecule has 0 atom stereocenters. The summed E-state index contributed by atoms with van der Waals surface area (Å²) < 4.78 is 13.8. The lowest BCUT2D eigenvalue weighted by Gasteiger charge is -2.00. The largest absolute Gasteiger partial charge is 0.478 e. The van der Waals surface area contributed by atoms with Crippen molar-refractivity contribution in [1.29, 1.82) is 0 Å². The number of unbranched alkanes of at least 4 members (excludes halogenated alkanes) is 2. The molecule has 27 heavy (non-hydrogen) atoms. The fourth-order valence-corrected chi connectivity index (χ4v) is 0.984. The Balaban J connectivity index is -0.000000428. The van der Waals surface area contributed by atoms with E-state index in [2.05, 4.69) is 17.9 Å². The van der Waals surface area contributed by atoms with Crippen molar-refractivity contribution in [3.63, 3.8) is 0 Å². The summed E-state index contributed by atoms with van der Waals surface area (Å²) in [5.74, 6) is -2.31. The summed E-state index contributed by atoms with van der Waals surface area (Å²) in [6, 6.07) is 0. The van der Waals surface area contributed by atoms with Gasteiger partial charge in [0.2, 0.25) is 0 Å². The molecule has 8 nitrogen and oxygen atoms in total. The summed E-state index contributed by atoms with van der Waals surface area (Å²) in [6.07, 6.45) is 7.74. The summed E-state index contributed by atoms with van der Waals surface area (Å²) in [5, 5.41) is 7.60. The van der Waals surface area contributed by atoms with Crippen LogP contribution in [0.2, 0.25) is 0 Å². The first-order valence-corrected chi connectivity index (χ1v) is 8.40. The van der Waals surface area contributed by atoms with E-state index in [-0.39, 0.29) is 5.97 Å². The molecule has 0 saturated carbocycles. The van der Waals surface area contributed by atoms with Gasteiger partial charge in [0.15, 0.2) is 0 Å². The van der Waals surface area contributed by atoms with Crippen molar-refractivity contribution in [2.24, 2.45) is 0 Å². The van der Waals surface area contributed by atoms with Crippen LogP contribution in [0.25, 0.3) is 0 Å². The number of carboxylic acid groups (broad SMARTS) is 1. The van der Waals surface area contributed by atoms with Crippen molar-refractivity contribution in [3.05, 3.63) is 37.6 Å². The van der Waals surface area contributed by atoms with E-state index in [0.717, 1.165) is 50.2 Å². The van der Waals surface area contributed by atoms with E-state index >= 15 is 0 Å². The van der Waals surface area contributed by atoms with Gasteiger partial charge in [0, 0.05) is 25.2 Å². The maximum atomic E-state index is 11.0. The molecule has 0 saturated heterocycles. The van der Waals surface area contributed by atoms with Gasteiger partial charge in [0.1, 0.15) is 0 Å². The number of hydrogen-bond donors (Lipinski definition) is 1. The van der Waals surface area contributed by atoms with E-state index < -0.39 is 17.9 Å². The maximum absolute atomic E-state index is 11.0. The van der Waals surface area contributed by atoms with Gasteiger partial charge in [-0.15, -0.1) is 0 Å². The number of carbonyl (C=O) groups excluding carboxylic acids is 3. The highest BCUT2D eigenvalue weighted by Crippen LogP contribution is 1.92. The van der Waals surface area contributed by atoms with E-state index in [4.69, 9.17) is 14.6 Å². The zero-order chi connectivity index (χ0) is 21.5. The average molecular weight is 386 g/mol. The Bertz CT molecular complexity index is 456. The van der Waals surface area contributed by atoms with Gasteiger partial charge in [-0.25, -0.2) is 14.4 Å². The zero-order valence-electron chi connectivity index (χ0n) is 16.3. The van der Waals surface area contributed by atoms with Gasteiger partial charge in [-0.1, -0.05) is 39.8 Å². The maximum Gasteiger partial charge on any atom is 0.331 e. The lowest BCUT2D eigenvalue weighted by atomic mass is 10.4. The third kappa shape index (κ3) is 35.2. The molecule has 0 aliphatic carbocycles. The van der Waals surface area contributed by atoms with E-state index in [0.29, 0.717) is 13.2 Å². The molecule has 0 aromatic carbocycles. The molecular formula is C19H30O8. The molecule has 0 aliphatic rings. The molecule has 0 radical (unpaired) electrons. The van der Waals surface area contributed by atoms with E-state index in [9.17, 15) is 19.2 Å². The van der Waals surface area contributed by atoms with Crippen LogP contribution in [0.4, 0.5) is 0 Å². The molecule has 0 spiro atoms. The predicted octanol–water partition coefficient (Wildman–Crippen LogP) is 3.18. The second kappa shape index (κ2) is 23.1. The molecule has 0 aromatic heterocycles. The minimum Gasteiger partial charge on any atom is -0.478 e. The highest BCUT2D eigenvalue weighted by atomic mass is 16.5. The molecule has 8 heteroatoms. The fourth-order valence-electron chi connectivity index (χ4n) is 0.984. The summed E-state index contributed by atoms with van der Waals surface area (Å²) in [6.45, 7) is 12.2. The van der Waals surface area contributed by atoms with Crippen LogP contribution in [0, 0.1) is 0 Å². The Hall–Kier alpha value is -2.90. The van der Waals surface area contributed by atoms with Crippen LogP contribution in [0.5, 0.6) is 0 Å². The molecule has 0 unspecified atom stereocenters. The van der Waals surface area contributed by atoms with Crippen LogP contribution < -0.4 is 0 Å². The minimum absolute atomic E-state index is 0.329. The molecule has 0 rings (SSSR count). The van der Waals surface area contributed by atoms with Crippen LogP contribution >= 0.6 is 0 Å². The van der Waals surface area contributed by atoms with Gasteiger partial charge in [-0.2, -0.15) is 0 Å². The number of ether oxygens (including phenoxy) is 3. The standard InChI is InChI=1S/C12H20O4.C4H6O2.C3H4O2/c1-3-5-9-15-11(13)7-8-12(14)16-10-6-4-2;1-3-6-4(2)5;1-2-3(4)5/h7-8H,3-6,9-10H2,1-2H3;3H,1H2,2H3;2H,1H2,(H,4,5)/b8-7-;;. The molecule has 0 aromatic rings. The third-order valence-corrected chi connectivity index (χ3v) is 2.26. The SMILES string of the molecule is C=CC(=O)O.C=COC(C)=O.CCCCOC(=O)/C=C\C(=O)OCCCC. The Morgan fingerprint density at radius 1 is 0.889 bits per heavy atom. The number of carboxylic acids is 1. The molecule has 1 N–H and O–H groups in total. The second-order valence-corrected chi connectivity index (χ2v) is 4.69. The Labute approximate surface area is 160 Å². The lowest BCUT2D eigenvalue weighted by molar-refractivity contribution is -0.140. The van der Waals surface area contributed by atoms with Crippen molar-refractivity contribution in [2.45, 2.75) is 46.5 Å². The first kappa shape index (κ1) is 28.9. The van der Waals surface area contributed by atoms with E-state index in [1.165, 1.54) is 6.92 Å². The zero-order valence-corrected chi connectivity index (χ0v) is 16.3. The summed E-state index contributed by atoms with van der Waals surface area (Å²) in [7, 11) is 0. The number of aliphatic carboxylic acids is 1. The van der Waals surface area contributed by atoms with Gasteiger partial charge in [-0.05, 0) is 12.8 Å². The van der Waals surface area contributed by atoms with Gasteiger partial charge < -0.3 is 19.3 Å². The van der Waals surface area contributed by atoms with Gasteiger partial charge in [0.25, 0.3) is 0 Å². The molecule has 0 bridgehead atoms. The van der Waals surface area contributed by atoms with Crippen molar-refractivity contribution in [3.8, 4) is 0 Å². The van der Waals surface area contributed by atoms with Crippen LogP contribution in [-0.2, 0) is 33.4 Å². The minimum atomic E-state index is -0.981. The first-order valence-electron chi connectivity index (χ1n) is 8.40. The van der Waals surface area contributed by atoms with Crippen molar-refractivity contribution < 1.29 is 38.5 Å². The normalized spacial score (nSPS) is 8.85. The summed E-state index contributed by atoms with van der Waals surface area (Å²) in [5.41, 5.74) is 0. The quantitative estimate of drug-likeness (QED) is 0.200. The van der Waals surface area contributed by atoms with Crippen LogP contribution in [0.15, 0.2) is 37.6 Å². The molecule has 0 amide bonds. The fraction of sp³-hybridized carbons (Fsp3) is 0.474. The van der Waals surface area contributed by atoms with E-state index in [1.54, 1.807) is 0 Å². The van der Waals surface area contributed by atoms with Gasteiger partial charge in [0.05, 0.1) is 19.5 Å². The Morgan fingerprint density at radius 3 is 1.44 bits per heavy atom. The van der Waals surface area contributed by atoms with Crippen LogP contribution in [0.3, 0.4) is 0 Å². The lowest BCUT2D eigenvalue weighted by Crippen LogP contribution is -2.05. The second-order valence-electron chi connectivity index (χ2n) is 4.69. The number of esters is 3. The van der Waals surface area contributed by atoms with Gasteiger partial charge >= 0.3 is 23.9 Å². The van der Waals surface area contributed by atoms with Crippen molar-refractivity contribution in [2.75, 3.05) is 13.2 Å². The smallest absolute Gasteiger partial charge is 0.331 e. The predicted molar refractivity (Wildman–Crippen MR) is 101 cm³/mol.